The maximum atomic E-state index is 14.7. The number of halogens is 1. The van der Waals surface area contributed by atoms with Gasteiger partial charge in [0.05, 0.1) is 11.1 Å². The second-order valence-corrected chi connectivity index (χ2v) is 6.03. The third-order valence-corrected chi connectivity index (χ3v) is 4.41. The Morgan fingerprint density at radius 1 is 1.12 bits per heavy atom. The molecule has 5 nitrogen and oxygen atoms in total. The number of carboxylic acid groups (broad SMARTS) is 1. The molecule has 3 rings (SSSR count). The van der Waals surface area contributed by atoms with Crippen LogP contribution in [0.1, 0.15) is 32.6 Å². The minimum atomic E-state index is -1.03. The van der Waals surface area contributed by atoms with E-state index in [9.17, 15) is 14.3 Å². The Labute approximate surface area is 144 Å². The summed E-state index contributed by atoms with van der Waals surface area (Å²) in [5.41, 5.74) is 3.59. The number of aryl methyl sites for hydroxylation is 2. The van der Waals surface area contributed by atoms with Gasteiger partial charge in [0, 0.05) is 5.56 Å². The van der Waals surface area contributed by atoms with Crippen molar-refractivity contribution in [2.24, 2.45) is 0 Å². The van der Waals surface area contributed by atoms with E-state index in [4.69, 9.17) is 4.52 Å². The maximum Gasteiger partial charge on any atom is 0.335 e. The quantitative estimate of drug-likeness (QED) is 0.761. The predicted molar refractivity (Wildman–Crippen MR) is 91.0 cm³/mol. The molecule has 0 saturated heterocycles. The first kappa shape index (κ1) is 16.8. The average molecular weight is 340 g/mol. The van der Waals surface area contributed by atoms with Crippen LogP contribution >= 0.6 is 0 Å². The van der Waals surface area contributed by atoms with Crippen LogP contribution in [0.5, 0.6) is 0 Å². The molecule has 0 aliphatic heterocycles. The molecule has 25 heavy (non-hydrogen) atoms. The number of aromatic carboxylic acids is 1. The Morgan fingerprint density at radius 2 is 1.84 bits per heavy atom. The van der Waals surface area contributed by atoms with Crippen LogP contribution in [0.4, 0.5) is 4.39 Å². The second kappa shape index (κ2) is 6.12. The summed E-state index contributed by atoms with van der Waals surface area (Å²) in [4.78, 5) is 15.6. The smallest absolute Gasteiger partial charge is 0.335 e. The van der Waals surface area contributed by atoms with Gasteiger partial charge in [0.15, 0.2) is 0 Å². The van der Waals surface area contributed by atoms with Crippen molar-refractivity contribution in [3.63, 3.8) is 0 Å². The molecule has 0 atom stereocenters. The Balaban J connectivity index is 2.13. The van der Waals surface area contributed by atoms with Crippen molar-refractivity contribution in [1.29, 1.82) is 0 Å². The monoisotopic (exact) mass is 340 g/mol. The van der Waals surface area contributed by atoms with Crippen LogP contribution < -0.4 is 0 Å². The average Bonchev–Trinajstić information content (AvgIpc) is 3.02. The third-order valence-electron chi connectivity index (χ3n) is 4.41. The fraction of sp³-hybridized carbons (Fsp3) is 0.211. The normalized spacial score (nSPS) is 10.9. The topological polar surface area (TPSA) is 76.2 Å². The Bertz CT molecular complexity index is 993. The van der Waals surface area contributed by atoms with Crippen LogP contribution in [0, 0.1) is 33.5 Å². The van der Waals surface area contributed by atoms with E-state index in [2.05, 4.69) is 10.1 Å². The van der Waals surface area contributed by atoms with Crippen molar-refractivity contribution in [2.45, 2.75) is 27.7 Å². The summed E-state index contributed by atoms with van der Waals surface area (Å²) in [6.45, 7) is 7.00. The lowest BCUT2D eigenvalue weighted by atomic mass is 9.99. The van der Waals surface area contributed by atoms with Gasteiger partial charge in [-0.2, -0.15) is 4.98 Å². The molecule has 0 radical (unpaired) electrons. The lowest BCUT2D eigenvalue weighted by molar-refractivity contribution is 0.0696. The molecule has 1 heterocycles. The molecule has 6 heteroatoms. The maximum absolute atomic E-state index is 14.7. The van der Waals surface area contributed by atoms with Crippen LogP contribution in [-0.2, 0) is 0 Å². The zero-order valence-electron chi connectivity index (χ0n) is 14.3. The predicted octanol–water partition coefficient (Wildman–Crippen LogP) is 4.47. The summed E-state index contributed by atoms with van der Waals surface area (Å²) in [6, 6.07) is 6.70. The van der Waals surface area contributed by atoms with Crippen molar-refractivity contribution in [3.8, 4) is 22.8 Å². The first-order valence-electron chi connectivity index (χ1n) is 7.75. The largest absolute Gasteiger partial charge is 0.478 e. The Kier molecular flexibility index (Phi) is 4.12. The molecule has 0 bridgehead atoms. The highest BCUT2D eigenvalue weighted by Gasteiger charge is 2.21. The molecule has 3 aromatic rings. The summed E-state index contributed by atoms with van der Waals surface area (Å²) in [7, 11) is 0. The number of carboxylic acids is 1. The number of hydrogen-bond donors (Lipinski definition) is 1. The Morgan fingerprint density at radius 3 is 2.52 bits per heavy atom. The highest BCUT2D eigenvalue weighted by atomic mass is 19.1. The number of nitrogens with zero attached hydrogens (tertiary/aromatic N) is 2. The van der Waals surface area contributed by atoms with Crippen LogP contribution in [0.25, 0.3) is 22.8 Å². The molecule has 0 fully saturated rings. The SMILES string of the molecule is Cc1cc(C)c(-c2nc(-c3cccc(C(=O)O)c3C)no2)c(F)c1C. The Hall–Kier alpha value is -3.02. The van der Waals surface area contributed by atoms with E-state index in [-0.39, 0.29) is 28.7 Å². The van der Waals surface area contributed by atoms with Gasteiger partial charge in [-0.05, 0) is 56.0 Å². The van der Waals surface area contributed by atoms with Gasteiger partial charge in [0.25, 0.3) is 5.89 Å². The summed E-state index contributed by atoms with van der Waals surface area (Å²) in [5, 5.41) is 13.1. The van der Waals surface area contributed by atoms with Crippen LogP contribution in [0.15, 0.2) is 28.8 Å². The van der Waals surface area contributed by atoms with Gasteiger partial charge in [-0.3, -0.25) is 0 Å². The van der Waals surface area contributed by atoms with Gasteiger partial charge in [0.1, 0.15) is 5.82 Å². The zero-order valence-corrected chi connectivity index (χ0v) is 14.3. The number of hydrogen-bond acceptors (Lipinski definition) is 4. The van der Waals surface area contributed by atoms with Gasteiger partial charge in [0.2, 0.25) is 5.82 Å². The van der Waals surface area contributed by atoms with Crippen LogP contribution in [-0.4, -0.2) is 21.2 Å². The molecule has 2 aromatic carbocycles. The van der Waals surface area contributed by atoms with Gasteiger partial charge < -0.3 is 9.63 Å². The van der Waals surface area contributed by atoms with Gasteiger partial charge in [-0.15, -0.1) is 0 Å². The second-order valence-electron chi connectivity index (χ2n) is 6.03. The lowest BCUT2D eigenvalue weighted by Gasteiger charge is -2.08. The summed E-state index contributed by atoms with van der Waals surface area (Å²) < 4.78 is 19.9. The minimum absolute atomic E-state index is 0.0771. The van der Waals surface area contributed by atoms with Crippen LogP contribution in [0.3, 0.4) is 0 Å². The molecule has 0 amide bonds. The fourth-order valence-corrected chi connectivity index (χ4v) is 2.85. The van der Waals surface area contributed by atoms with E-state index in [1.807, 2.05) is 13.0 Å². The van der Waals surface area contributed by atoms with E-state index in [1.54, 1.807) is 32.9 Å². The van der Waals surface area contributed by atoms with Crippen molar-refractivity contribution in [1.82, 2.24) is 10.1 Å². The van der Waals surface area contributed by atoms with E-state index in [0.717, 1.165) is 5.56 Å². The first-order chi connectivity index (χ1) is 11.8. The molecule has 1 aromatic heterocycles. The van der Waals surface area contributed by atoms with Gasteiger partial charge in [-0.25, -0.2) is 9.18 Å². The van der Waals surface area contributed by atoms with Crippen molar-refractivity contribution in [2.75, 3.05) is 0 Å². The van der Waals surface area contributed by atoms with E-state index >= 15 is 0 Å². The summed E-state index contributed by atoms with van der Waals surface area (Å²) in [6.07, 6.45) is 0. The fourth-order valence-electron chi connectivity index (χ4n) is 2.85. The molecule has 0 saturated carbocycles. The molecule has 0 aliphatic rings. The molecule has 128 valence electrons. The van der Waals surface area contributed by atoms with Gasteiger partial charge in [-0.1, -0.05) is 23.4 Å². The minimum Gasteiger partial charge on any atom is -0.478 e. The van der Waals surface area contributed by atoms with Gasteiger partial charge >= 0.3 is 5.97 Å². The molecule has 0 spiro atoms. The molecular weight excluding hydrogens is 323 g/mol. The third kappa shape index (κ3) is 2.80. The van der Waals surface area contributed by atoms with E-state index in [0.29, 0.717) is 22.3 Å². The number of carbonyl (C=O) groups is 1. The van der Waals surface area contributed by atoms with Crippen molar-refractivity contribution >= 4 is 5.97 Å². The first-order valence-corrected chi connectivity index (χ1v) is 7.75. The van der Waals surface area contributed by atoms with Crippen molar-refractivity contribution in [3.05, 3.63) is 57.9 Å². The number of benzene rings is 2. The molecule has 1 N–H and O–H groups in total. The number of aromatic nitrogens is 2. The zero-order chi connectivity index (χ0) is 18.3. The highest BCUT2D eigenvalue weighted by molar-refractivity contribution is 5.91. The summed E-state index contributed by atoms with van der Waals surface area (Å²) in [5.74, 6) is -1.11. The molecule has 0 unspecified atom stereocenters. The van der Waals surface area contributed by atoms with Crippen LogP contribution in [0.2, 0.25) is 0 Å². The number of rotatable bonds is 3. The molecular formula is C19H17FN2O3. The van der Waals surface area contributed by atoms with Crippen molar-refractivity contribution < 1.29 is 18.8 Å². The standard InChI is InChI=1S/C19H17FN2O3/c1-9-8-10(2)15(16(20)11(9)3)18-21-17(22-25-18)13-6-5-7-14(12(13)4)19(23)24/h5-8H,1-4H3,(H,23,24). The summed E-state index contributed by atoms with van der Waals surface area (Å²) >= 11 is 0. The molecule has 0 aliphatic carbocycles. The highest BCUT2D eigenvalue weighted by Crippen LogP contribution is 2.31. The van der Waals surface area contributed by atoms with E-state index in [1.165, 1.54) is 6.07 Å². The lowest BCUT2D eigenvalue weighted by Crippen LogP contribution is -2.01. The van der Waals surface area contributed by atoms with E-state index < -0.39 is 5.97 Å².